The zero-order valence-corrected chi connectivity index (χ0v) is 9.26. The summed E-state index contributed by atoms with van der Waals surface area (Å²) in [6, 6.07) is 6.06. The van der Waals surface area contributed by atoms with E-state index in [1.54, 1.807) is 12.1 Å². The summed E-state index contributed by atoms with van der Waals surface area (Å²) in [4.78, 5) is 9.92. The lowest BCUT2D eigenvalue weighted by atomic mass is 10.2. The second kappa shape index (κ2) is 6.42. The van der Waals surface area contributed by atoms with Gasteiger partial charge in [0.1, 0.15) is 0 Å². The molecular weight excluding hydrogens is 234 g/mol. The minimum Gasteiger partial charge on any atom is -0.389 e. The van der Waals surface area contributed by atoms with Crippen LogP contribution in [0.4, 0.5) is 5.69 Å². The smallest absolute Gasteiger partial charge is 0.269 e. The lowest BCUT2D eigenvalue weighted by Crippen LogP contribution is -2.16. The van der Waals surface area contributed by atoms with Crippen molar-refractivity contribution in [1.29, 1.82) is 0 Å². The molecule has 0 aliphatic carbocycles. The van der Waals surface area contributed by atoms with E-state index in [2.05, 4.69) is 0 Å². The van der Waals surface area contributed by atoms with Crippen LogP contribution in [0.3, 0.4) is 0 Å². The van der Waals surface area contributed by atoms with Gasteiger partial charge in [0.2, 0.25) is 0 Å². The van der Waals surface area contributed by atoms with Gasteiger partial charge in [-0.3, -0.25) is 10.1 Å². The van der Waals surface area contributed by atoms with Gasteiger partial charge in [0.05, 0.1) is 30.1 Å². The average molecular weight is 246 g/mol. The topological polar surface area (TPSA) is 72.6 Å². The van der Waals surface area contributed by atoms with Crippen LogP contribution in [-0.2, 0) is 11.3 Å². The number of halogens is 1. The fourth-order valence-corrected chi connectivity index (χ4v) is 1.16. The van der Waals surface area contributed by atoms with Crippen molar-refractivity contribution < 1.29 is 14.8 Å². The van der Waals surface area contributed by atoms with Crippen molar-refractivity contribution in [1.82, 2.24) is 0 Å². The number of non-ortho nitro benzene ring substituents is 1. The highest BCUT2D eigenvalue weighted by molar-refractivity contribution is 6.18. The van der Waals surface area contributed by atoms with Crippen molar-refractivity contribution in [3.8, 4) is 0 Å². The minimum absolute atomic E-state index is 0.0459. The predicted molar refractivity (Wildman–Crippen MR) is 59.5 cm³/mol. The molecule has 1 N–H and O–H groups in total. The van der Waals surface area contributed by atoms with Crippen LogP contribution in [0.5, 0.6) is 0 Å². The van der Waals surface area contributed by atoms with E-state index in [0.29, 0.717) is 6.61 Å². The molecule has 0 aliphatic rings. The quantitative estimate of drug-likeness (QED) is 0.470. The van der Waals surface area contributed by atoms with E-state index in [1.165, 1.54) is 12.1 Å². The number of ether oxygens (including phenoxy) is 1. The first-order valence-electron chi connectivity index (χ1n) is 4.68. The Morgan fingerprint density at radius 1 is 1.44 bits per heavy atom. The first-order valence-corrected chi connectivity index (χ1v) is 5.22. The third kappa shape index (κ3) is 4.14. The molecule has 88 valence electrons. The van der Waals surface area contributed by atoms with Crippen molar-refractivity contribution in [3.05, 3.63) is 39.9 Å². The second-order valence-electron chi connectivity index (χ2n) is 3.25. The lowest BCUT2D eigenvalue weighted by molar-refractivity contribution is -0.384. The molecule has 0 saturated heterocycles. The molecule has 0 aromatic heterocycles. The van der Waals surface area contributed by atoms with Gasteiger partial charge in [0.25, 0.3) is 5.69 Å². The molecular formula is C10H12ClNO4. The Morgan fingerprint density at radius 2 is 2.06 bits per heavy atom. The van der Waals surface area contributed by atoms with Crippen LogP contribution in [0.2, 0.25) is 0 Å². The SMILES string of the molecule is O=[N+]([O-])c1ccc(COC[C@H](O)CCl)cc1. The molecule has 1 aromatic rings. The number of alkyl halides is 1. The third-order valence-electron chi connectivity index (χ3n) is 1.90. The van der Waals surface area contributed by atoms with Crippen LogP contribution in [0.15, 0.2) is 24.3 Å². The summed E-state index contributed by atoms with van der Waals surface area (Å²) < 4.78 is 5.17. The third-order valence-corrected chi connectivity index (χ3v) is 2.26. The fourth-order valence-electron chi connectivity index (χ4n) is 1.07. The maximum absolute atomic E-state index is 10.4. The Balaban J connectivity index is 2.40. The second-order valence-corrected chi connectivity index (χ2v) is 3.56. The number of hydrogen-bond donors (Lipinski definition) is 1. The van der Waals surface area contributed by atoms with Crippen molar-refractivity contribution in [2.24, 2.45) is 0 Å². The normalized spacial score (nSPS) is 12.4. The molecule has 1 aromatic carbocycles. The molecule has 0 aliphatic heterocycles. The molecule has 0 radical (unpaired) electrons. The molecule has 5 nitrogen and oxygen atoms in total. The highest BCUT2D eigenvalue weighted by Crippen LogP contribution is 2.12. The van der Waals surface area contributed by atoms with Gasteiger partial charge in [0.15, 0.2) is 0 Å². The number of nitro groups is 1. The Morgan fingerprint density at radius 3 is 2.56 bits per heavy atom. The summed E-state index contributed by atoms with van der Waals surface area (Å²) in [5, 5.41) is 19.5. The van der Waals surface area contributed by atoms with E-state index < -0.39 is 11.0 Å². The molecule has 1 rings (SSSR count). The highest BCUT2D eigenvalue weighted by atomic mass is 35.5. The maximum Gasteiger partial charge on any atom is 0.269 e. The predicted octanol–water partition coefficient (Wildman–Crippen LogP) is 1.71. The lowest BCUT2D eigenvalue weighted by Gasteiger charge is -2.07. The molecule has 16 heavy (non-hydrogen) atoms. The number of nitrogens with zero attached hydrogens (tertiary/aromatic N) is 1. The van der Waals surface area contributed by atoms with Crippen molar-refractivity contribution >= 4 is 17.3 Å². The number of aliphatic hydroxyl groups is 1. The Labute approximate surface area is 97.8 Å². The number of benzene rings is 1. The number of rotatable bonds is 6. The molecule has 0 unspecified atom stereocenters. The average Bonchev–Trinajstić information content (AvgIpc) is 2.29. The molecule has 1 atom stereocenters. The van der Waals surface area contributed by atoms with E-state index in [-0.39, 0.29) is 18.2 Å². The molecule has 6 heteroatoms. The molecule has 0 fully saturated rings. The van der Waals surface area contributed by atoms with Crippen LogP contribution in [-0.4, -0.2) is 28.6 Å². The first kappa shape index (κ1) is 12.9. The zero-order chi connectivity index (χ0) is 12.0. The van der Waals surface area contributed by atoms with E-state index in [9.17, 15) is 10.1 Å². The largest absolute Gasteiger partial charge is 0.389 e. The van der Waals surface area contributed by atoms with Gasteiger partial charge < -0.3 is 9.84 Å². The number of nitro benzene ring substituents is 1. The first-order chi connectivity index (χ1) is 7.63. The summed E-state index contributed by atoms with van der Waals surface area (Å²) in [6.07, 6.45) is -0.681. The van der Waals surface area contributed by atoms with Crippen molar-refractivity contribution in [2.75, 3.05) is 12.5 Å². The van der Waals surface area contributed by atoms with Gasteiger partial charge in [-0.25, -0.2) is 0 Å². The Hall–Kier alpha value is -1.17. The van der Waals surface area contributed by atoms with Crippen LogP contribution >= 0.6 is 11.6 Å². The van der Waals surface area contributed by atoms with Gasteiger partial charge in [0, 0.05) is 12.1 Å². The summed E-state index contributed by atoms with van der Waals surface area (Å²) in [6.45, 7) is 0.451. The summed E-state index contributed by atoms with van der Waals surface area (Å²) in [5.41, 5.74) is 0.858. The van der Waals surface area contributed by atoms with Gasteiger partial charge >= 0.3 is 0 Å². The standard InChI is InChI=1S/C10H12ClNO4/c11-5-10(13)7-16-6-8-1-3-9(4-2-8)12(14)15/h1-4,10,13H,5-7H2/t10-/m1/s1. The monoisotopic (exact) mass is 245 g/mol. The summed E-state index contributed by atoms with van der Waals surface area (Å²) >= 11 is 5.38. The molecule has 0 amide bonds. The van der Waals surface area contributed by atoms with Gasteiger partial charge in [-0.05, 0) is 17.7 Å². The van der Waals surface area contributed by atoms with Crippen LogP contribution in [0.1, 0.15) is 5.56 Å². The van der Waals surface area contributed by atoms with Crippen LogP contribution < -0.4 is 0 Å². The van der Waals surface area contributed by atoms with Crippen molar-refractivity contribution in [2.45, 2.75) is 12.7 Å². The Bertz CT molecular complexity index is 341. The molecule has 0 saturated carbocycles. The highest BCUT2D eigenvalue weighted by Gasteiger charge is 2.05. The molecule has 0 bridgehead atoms. The van der Waals surface area contributed by atoms with Gasteiger partial charge in [-0.15, -0.1) is 11.6 Å². The van der Waals surface area contributed by atoms with E-state index in [4.69, 9.17) is 21.4 Å². The van der Waals surface area contributed by atoms with Gasteiger partial charge in [-0.1, -0.05) is 0 Å². The molecule has 0 spiro atoms. The van der Waals surface area contributed by atoms with Crippen molar-refractivity contribution in [3.63, 3.8) is 0 Å². The van der Waals surface area contributed by atoms with E-state index >= 15 is 0 Å². The van der Waals surface area contributed by atoms with E-state index in [1.807, 2.05) is 0 Å². The Kier molecular flexibility index (Phi) is 5.18. The zero-order valence-electron chi connectivity index (χ0n) is 8.51. The van der Waals surface area contributed by atoms with Gasteiger partial charge in [-0.2, -0.15) is 0 Å². The minimum atomic E-state index is -0.681. The maximum atomic E-state index is 10.4. The van der Waals surface area contributed by atoms with Crippen LogP contribution in [0.25, 0.3) is 0 Å². The van der Waals surface area contributed by atoms with E-state index in [0.717, 1.165) is 5.56 Å². The number of aliphatic hydroxyl groups excluding tert-OH is 1. The number of hydrogen-bond acceptors (Lipinski definition) is 4. The summed E-state index contributed by atoms with van der Waals surface area (Å²) in [5.74, 6) is 0.125. The molecule has 0 heterocycles. The van der Waals surface area contributed by atoms with Crippen LogP contribution in [0, 0.1) is 10.1 Å². The fraction of sp³-hybridized carbons (Fsp3) is 0.400. The summed E-state index contributed by atoms with van der Waals surface area (Å²) in [7, 11) is 0.